The first kappa shape index (κ1) is 21.0. The number of aryl methyl sites for hydroxylation is 2. The molecule has 1 aromatic heterocycles. The van der Waals surface area contributed by atoms with Crippen LogP contribution in [0.5, 0.6) is 11.5 Å². The molecule has 1 fully saturated rings. The van der Waals surface area contributed by atoms with E-state index in [0.29, 0.717) is 5.75 Å². The minimum atomic E-state index is -0.236. The van der Waals surface area contributed by atoms with E-state index in [1.165, 1.54) is 24.1 Å². The molecular weight excluding hydrogens is 404 g/mol. The van der Waals surface area contributed by atoms with Crippen molar-refractivity contribution in [2.24, 2.45) is 0 Å². The number of rotatable bonds is 5. The van der Waals surface area contributed by atoms with Crippen molar-refractivity contribution in [3.63, 3.8) is 0 Å². The van der Waals surface area contributed by atoms with Crippen LogP contribution in [-0.2, 0) is 24.1 Å². The van der Waals surface area contributed by atoms with Crippen LogP contribution in [0.4, 0.5) is 5.82 Å². The Morgan fingerprint density at radius 1 is 1.19 bits per heavy atom. The fraction of sp³-hybridized carbons (Fsp3) is 0.560. The fourth-order valence-electron chi connectivity index (χ4n) is 5.00. The molecule has 2 aromatic rings. The fourth-order valence-corrected chi connectivity index (χ4v) is 5.00. The Morgan fingerprint density at radius 3 is 2.84 bits per heavy atom. The van der Waals surface area contributed by atoms with Crippen molar-refractivity contribution in [1.82, 2.24) is 15.5 Å². The summed E-state index contributed by atoms with van der Waals surface area (Å²) in [5.41, 5.74) is 3.42. The van der Waals surface area contributed by atoms with Crippen LogP contribution in [0.25, 0.3) is 0 Å². The van der Waals surface area contributed by atoms with E-state index in [-0.39, 0.29) is 24.2 Å². The van der Waals surface area contributed by atoms with Crippen molar-refractivity contribution >= 4 is 11.7 Å². The normalized spacial score (nSPS) is 19.6. The Labute approximate surface area is 189 Å². The van der Waals surface area contributed by atoms with E-state index in [4.69, 9.17) is 9.47 Å². The van der Waals surface area contributed by atoms with Crippen LogP contribution in [0.3, 0.4) is 0 Å². The molecule has 0 spiro atoms. The Hall–Kier alpha value is -2.83. The predicted octanol–water partition coefficient (Wildman–Crippen LogP) is 3.23. The third-order valence-electron chi connectivity index (χ3n) is 6.65. The number of para-hydroxylation sites is 1. The monoisotopic (exact) mass is 436 g/mol. The summed E-state index contributed by atoms with van der Waals surface area (Å²) in [6, 6.07) is 8.25. The van der Waals surface area contributed by atoms with Gasteiger partial charge in [0.05, 0.1) is 5.69 Å². The van der Waals surface area contributed by atoms with Gasteiger partial charge in [0.15, 0.2) is 23.9 Å². The van der Waals surface area contributed by atoms with Crippen LogP contribution < -0.4 is 19.7 Å². The number of fused-ring (bicyclic) bond motifs is 2. The second kappa shape index (κ2) is 8.60. The second-order valence-electron chi connectivity index (χ2n) is 9.78. The Balaban J connectivity index is 1.11. The summed E-state index contributed by atoms with van der Waals surface area (Å²) in [7, 11) is 0. The first-order valence-corrected chi connectivity index (χ1v) is 11.8. The third-order valence-corrected chi connectivity index (χ3v) is 6.65. The molecule has 2 aliphatic heterocycles. The first-order chi connectivity index (χ1) is 15.5. The number of hydrogen-bond donors (Lipinski definition) is 1. The molecule has 0 unspecified atom stereocenters. The van der Waals surface area contributed by atoms with Crippen molar-refractivity contribution in [3.05, 3.63) is 41.1 Å². The summed E-state index contributed by atoms with van der Waals surface area (Å²) in [6.07, 6.45) is 7.24. The summed E-state index contributed by atoms with van der Waals surface area (Å²) in [5, 5.41) is 12.0. The van der Waals surface area contributed by atoms with Gasteiger partial charge in [-0.3, -0.25) is 4.79 Å². The number of amides is 1. The molecule has 0 saturated carbocycles. The van der Waals surface area contributed by atoms with Gasteiger partial charge in [-0.15, -0.1) is 5.10 Å². The Morgan fingerprint density at radius 2 is 2.00 bits per heavy atom. The molecule has 3 heterocycles. The number of benzene rings is 1. The molecule has 7 heteroatoms. The summed E-state index contributed by atoms with van der Waals surface area (Å²) < 4.78 is 11.8. The number of piperidine rings is 1. The third kappa shape index (κ3) is 4.52. The zero-order valence-electron chi connectivity index (χ0n) is 19.0. The number of aromatic nitrogens is 2. The van der Waals surface area contributed by atoms with Crippen LogP contribution in [0, 0.1) is 0 Å². The quantitative estimate of drug-likeness (QED) is 0.776. The number of nitrogens with zero attached hydrogens (tertiary/aromatic N) is 3. The molecule has 1 amide bonds. The number of nitrogens with one attached hydrogen (secondary N) is 1. The van der Waals surface area contributed by atoms with Crippen LogP contribution in [0.1, 0.15) is 56.4 Å². The highest BCUT2D eigenvalue weighted by Crippen LogP contribution is 2.41. The molecule has 32 heavy (non-hydrogen) atoms. The SMILES string of the molecule is CC1(C)Cc2cccc(OCC(=O)NC3CCN(c4cc5c(nn4)CCCC5)CC3)c2O1. The minimum Gasteiger partial charge on any atom is -0.483 e. The molecule has 1 N–H and O–H groups in total. The molecule has 5 rings (SSSR count). The lowest BCUT2D eigenvalue weighted by Gasteiger charge is -2.33. The van der Waals surface area contributed by atoms with Crippen molar-refractivity contribution in [1.29, 1.82) is 0 Å². The molecular formula is C25H32N4O3. The van der Waals surface area contributed by atoms with Crippen molar-refractivity contribution in [2.75, 3.05) is 24.6 Å². The molecule has 1 aliphatic carbocycles. The van der Waals surface area contributed by atoms with Gasteiger partial charge in [0.25, 0.3) is 5.91 Å². The standard InChI is InChI=1S/C25H32N4O3/c1-25(2)15-18-7-5-9-21(24(18)32-25)31-16-23(30)26-19-10-12-29(13-11-19)22-14-17-6-3-4-8-20(17)27-28-22/h5,7,9,14,19H,3-4,6,8,10-13,15-16H2,1-2H3,(H,26,30). The number of ether oxygens (including phenoxy) is 2. The number of hydrogen-bond acceptors (Lipinski definition) is 6. The van der Waals surface area contributed by atoms with E-state index in [9.17, 15) is 4.79 Å². The van der Waals surface area contributed by atoms with E-state index < -0.39 is 0 Å². The smallest absolute Gasteiger partial charge is 0.258 e. The molecule has 7 nitrogen and oxygen atoms in total. The summed E-state index contributed by atoms with van der Waals surface area (Å²) >= 11 is 0. The van der Waals surface area contributed by atoms with Crippen LogP contribution in [0.2, 0.25) is 0 Å². The van der Waals surface area contributed by atoms with Crippen LogP contribution in [0.15, 0.2) is 24.3 Å². The van der Waals surface area contributed by atoms with Gasteiger partial charge in [-0.2, -0.15) is 5.10 Å². The number of anilines is 1. The van der Waals surface area contributed by atoms with Gasteiger partial charge >= 0.3 is 0 Å². The molecule has 0 atom stereocenters. The van der Waals surface area contributed by atoms with E-state index in [1.54, 1.807) is 0 Å². The first-order valence-electron chi connectivity index (χ1n) is 11.8. The van der Waals surface area contributed by atoms with Crippen molar-refractivity contribution in [3.8, 4) is 11.5 Å². The lowest BCUT2D eigenvalue weighted by Crippen LogP contribution is -2.46. The van der Waals surface area contributed by atoms with Gasteiger partial charge in [-0.1, -0.05) is 12.1 Å². The van der Waals surface area contributed by atoms with E-state index >= 15 is 0 Å². The van der Waals surface area contributed by atoms with Gasteiger partial charge in [-0.25, -0.2) is 0 Å². The second-order valence-corrected chi connectivity index (χ2v) is 9.78. The van der Waals surface area contributed by atoms with E-state index in [2.05, 4.69) is 46.4 Å². The van der Waals surface area contributed by atoms with Crippen molar-refractivity contribution < 1.29 is 14.3 Å². The zero-order valence-corrected chi connectivity index (χ0v) is 19.0. The lowest BCUT2D eigenvalue weighted by atomic mass is 9.96. The summed E-state index contributed by atoms with van der Waals surface area (Å²) in [5.74, 6) is 2.29. The maximum Gasteiger partial charge on any atom is 0.258 e. The highest BCUT2D eigenvalue weighted by atomic mass is 16.5. The van der Waals surface area contributed by atoms with Gasteiger partial charge in [0.1, 0.15) is 5.60 Å². The largest absolute Gasteiger partial charge is 0.483 e. The molecule has 1 saturated heterocycles. The number of carbonyl (C=O) groups excluding carboxylic acids is 1. The predicted molar refractivity (Wildman–Crippen MR) is 122 cm³/mol. The Kier molecular flexibility index (Phi) is 5.66. The van der Waals surface area contributed by atoms with Crippen molar-refractivity contribution in [2.45, 2.75) is 70.4 Å². The van der Waals surface area contributed by atoms with Gasteiger partial charge in [0.2, 0.25) is 0 Å². The minimum absolute atomic E-state index is 0.00322. The van der Waals surface area contributed by atoms with E-state index in [1.807, 2.05) is 12.1 Å². The topological polar surface area (TPSA) is 76.6 Å². The molecule has 0 radical (unpaired) electrons. The molecule has 1 aromatic carbocycles. The van der Waals surface area contributed by atoms with Gasteiger partial charge in [0, 0.05) is 31.1 Å². The average Bonchev–Trinajstić information content (AvgIpc) is 3.12. The maximum absolute atomic E-state index is 12.5. The average molecular weight is 437 g/mol. The Bertz CT molecular complexity index is 999. The van der Waals surface area contributed by atoms with Crippen LogP contribution in [-0.4, -0.2) is 47.4 Å². The highest BCUT2D eigenvalue weighted by molar-refractivity contribution is 5.78. The summed E-state index contributed by atoms with van der Waals surface area (Å²) in [6.45, 7) is 5.86. The van der Waals surface area contributed by atoms with E-state index in [0.717, 1.165) is 62.3 Å². The molecule has 170 valence electrons. The molecule has 3 aliphatic rings. The van der Waals surface area contributed by atoms with Gasteiger partial charge < -0.3 is 19.7 Å². The van der Waals surface area contributed by atoms with Gasteiger partial charge in [-0.05, 0) is 70.1 Å². The zero-order chi connectivity index (χ0) is 22.1. The lowest BCUT2D eigenvalue weighted by molar-refractivity contribution is -0.123. The van der Waals surface area contributed by atoms with Crippen LogP contribution >= 0.6 is 0 Å². The highest BCUT2D eigenvalue weighted by Gasteiger charge is 2.32. The maximum atomic E-state index is 12.5. The molecule has 0 bridgehead atoms. The summed E-state index contributed by atoms with van der Waals surface area (Å²) in [4.78, 5) is 14.8. The number of carbonyl (C=O) groups is 1.